The number of hydrogen-bond acceptors (Lipinski definition) is 2. The number of hydrogen-bond donors (Lipinski definition) is 0. The SMILES string of the molecule is CC1=C(/C=C/C(C)=C\C=C\C(C)=C\C(=O)[O-])C(C)(C)CCC1.CCCCCCCCCCCCCCCC[N+](C)(C)Cc1ccccc1. The lowest BCUT2D eigenvalue weighted by molar-refractivity contribution is -0.903. The van der Waals surface area contributed by atoms with Crippen LogP contribution in [-0.4, -0.2) is 31.1 Å². The number of allylic oxidation sites excluding steroid dienone is 9. The summed E-state index contributed by atoms with van der Waals surface area (Å²) in [6, 6.07) is 10.9. The number of carbonyl (C=O) groups is 1. The van der Waals surface area contributed by atoms with Gasteiger partial charge in [-0.2, -0.15) is 0 Å². The Hall–Kier alpha value is -2.65. The van der Waals surface area contributed by atoms with E-state index < -0.39 is 5.97 Å². The molecule has 0 N–H and O–H groups in total. The maximum absolute atomic E-state index is 10.4. The van der Waals surface area contributed by atoms with Crippen molar-refractivity contribution in [3.8, 4) is 0 Å². The summed E-state index contributed by atoms with van der Waals surface area (Å²) in [4.78, 5) is 10.4. The molecule has 0 spiro atoms. The zero-order chi connectivity index (χ0) is 35.7. The second kappa shape index (κ2) is 25.3. The number of benzene rings is 1. The van der Waals surface area contributed by atoms with Gasteiger partial charge in [-0.3, -0.25) is 0 Å². The van der Waals surface area contributed by atoms with Crippen molar-refractivity contribution in [2.24, 2.45) is 5.41 Å². The molecule has 3 nitrogen and oxygen atoms in total. The normalized spacial score (nSPS) is 15.7. The van der Waals surface area contributed by atoms with Crippen molar-refractivity contribution in [1.82, 2.24) is 0 Å². The number of carboxylic acids is 1. The smallest absolute Gasteiger partial charge is 0.104 e. The number of aliphatic carboxylic acids is 1. The summed E-state index contributed by atoms with van der Waals surface area (Å²) in [6.07, 6.45) is 35.0. The Morgan fingerprint density at radius 1 is 0.812 bits per heavy atom. The zero-order valence-electron chi connectivity index (χ0n) is 32.5. The van der Waals surface area contributed by atoms with Crippen LogP contribution < -0.4 is 5.11 Å². The molecule has 1 aliphatic rings. The van der Waals surface area contributed by atoms with Gasteiger partial charge in [-0.05, 0) is 75.5 Å². The van der Waals surface area contributed by atoms with E-state index >= 15 is 0 Å². The molecule has 1 aliphatic carbocycles. The molecule has 0 amide bonds. The Kier molecular flexibility index (Phi) is 22.9. The molecule has 1 aromatic rings. The highest BCUT2D eigenvalue weighted by atomic mass is 16.4. The van der Waals surface area contributed by atoms with Gasteiger partial charge in [-0.25, -0.2) is 0 Å². The van der Waals surface area contributed by atoms with Crippen molar-refractivity contribution in [2.45, 2.75) is 157 Å². The summed E-state index contributed by atoms with van der Waals surface area (Å²) < 4.78 is 1.11. The molecule has 0 radical (unpaired) electrons. The van der Waals surface area contributed by atoms with Gasteiger partial charge in [0, 0.05) is 5.56 Å². The second-order valence-electron chi connectivity index (χ2n) is 15.6. The van der Waals surface area contributed by atoms with Gasteiger partial charge >= 0.3 is 0 Å². The molecule has 0 aliphatic heterocycles. The van der Waals surface area contributed by atoms with Gasteiger partial charge in [0.1, 0.15) is 6.54 Å². The third-order valence-electron chi connectivity index (χ3n) is 9.69. The van der Waals surface area contributed by atoms with Gasteiger partial charge in [-0.15, -0.1) is 0 Å². The number of rotatable bonds is 22. The van der Waals surface area contributed by atoms with Crippen molar-refractivity contribution < 1.29 is 14.4 Å². The van der Waals surface area contributed by atoms with E-state index in [-0.39, 0.29) is 5.41 Å². The first-order chi connectivity index (χ1) is 22.9. The monoisotopic (exact) mass is 660 g/mol. The van der Waals surface area contributed by atoms with Gasteiger partial charge in [0.2, 0.25) is 0 Å². The lowest BCUT2D eigenvalue weighted by atomic mass is 9.72. The van der Waals surface area contributed by atoms with Crippen LogP contribution in [0.15, 0.2) is 89.1 Å². The molecule has 1 aromatic carbocycles. The number of nitrogens with zero attached hydrogens (tertiary/aromatic N) is 1. The maximum Gasteiger partial charge on any atom is 0.104 e. The maximum atomic E-state index is 10.4. The van der Waals surface area contributed by atoms with Gasteiger partial charge in [0.25, 0.3) is 0 Å². The summed E-state index contributed by atoms with van der Waals surface area (Å²) in [6.45, 7) is 15.4. The lowest BCUT2D eigenvalue weighted by Gasteiger charge is -2.32. The van der Waals surface area contributed by atoms with Crippen molar-refractivity contribution >= 4 is 5.97 Å². The highest BCUT2D eigenvalue weighted by molar-refractivity contribution is 5.79. The van der Waals surface area contributed by atoms with Crippen LogP contribution in [0.1, 0.15) is 156 Å². The molecule has 0 saturated carbocycles. The first kappa shape index (κ1) is 43.4. The number of quaternary nitrogens is 1. The van der Waals surface area contributed by atoms with Crippen LogP contribution in [0.5, 0.6) is 0 Å². The minimum atomic E-state index is -1.16. The molecular formula is C45H73NO2. The van der Waals surface area contributed by atoms with Gasteiger partial charge in [0.15, 0.2) is 0 Å². The fourth-order valence-electron chi connectivity index (χ4n) is 6.76. The standard InChI is InChI=1S/C25H46N.C20H28O2/c1-4-5-6-7-8-9-10-11-12-13-14-15-16-20-23-26(2,3)24-25-21-18-17-19-22-25;1-15(8-6-9-16(2)14-19(21)22)11-12-18-17(3)10-7-13-20(18,4)5/h17-19,21-22H,4-16,20,23-24H2,1-3H3;6,8-9,11-12,14H,7,10,13H2,1-5H3,(H,21,22)/q+1;/p-1/b;9-6+,12-11+,15-8-,16-14+. The number of carboxylic acid groups (broad SMARTS) is 1. The molecule has 0 aromatic heterocycles. The quantitative estimate of drug-likeness (QED) is 0.0538. The van der Waals surface area contributed by atoms with Gasteiger partial charge in [-0.1, -0.05) is 170 Å². The molecular weight excluding hydrogens is 587 g/mol. The third kappa shape index (κ3) is 22.1. The third-order valence-corrected chi connectivity index (χ3v) is 9.69. The fraction of sp³-hybridized carbons (Fsp3) is 0.622. The van der Waals surface area contributed by atoms with Crippen LogP contribution in [0.2, 0.25) is 0 Å². The first-order valence-corrected chi connectivity index (χ1v) is 19.3. The molecule has 0 unspecified atom stereocenters. The van der Waals surface area contributed by atoms with E-state index in [9.17, 15) is 9.90 Å². The topological polar surface area (TPSA) is 40.1 Å². The van der Waals surface area contributed by atoms with Crippen molar-refractivity contribution in [1.29, 1.82) is 0 Å². The van der Waals surface area contributed by atoms with Crippen LogP contribution in [0.25, 0.3) is 0 Å². The largest absolute Gasteiger partial charge is 0.545 e. The minimum absolute atomic E-state index is 0.253. The predicted molar refractivity (Wildman–Crippen MR) is 209 cm³/mol. The molecule has 270 valence electrons. The molecule has 0 atom stereocenters. The van der Waals surface area contributed by atoms with E-state index in [0.717, 1.165) is 22.7 Å². The highest BCUT2D eigenvalue weighted by Gasteiger charge is 2.26. The van der Waals surface area contributed by atoms with Gasteiger partial charge < -0.3 is 14.4 Å². The Morgan fingerprint density at radius 3 is 1.88 bits per heavy atom. The highest BCUT2D eigenvalue weighted by Crippen LogP contribution is 2.40. The van der Waals surface area contributed by atoms with Crippen LogP contribution >= 0.6 is 0 Å². The van der Waals surface area contributed by atoms with Crippen LogP contribution in [-0.2, 0) is 11.3 Å². The second-order valence-corrected chi connectivity index (χ2v) is 15.6. The summed E-state index contributed by atoms with van der Waals surface area (Å²) >= 11 is 0. The summed E-state index contributed by atoms with van der Waals surface area (Å²) in [7, 11) is 4.74. The molecule has 3 heteroatoms. The number of unbranched alkanes of at least 4 members (excludes halogenated alkanes) is 13. The van der Waals surface area contributed by atoms with Crippen LogP contribution in [0, 0.1) is 5.41 Å². The van der Waals surface area contributed by atoms with Crippen molar-refractivity contribution in [3.05, 3.63) is 94.6 Å². The van der Waals surface area contributed by atoms with Gasteiger partial charge in [0.05, 0.1) is 26.6 Å². The van der Waals surface area contributed by atoms with E-state index in [1.165, 1.54) is 132 Å². The molecule has 0 fully saturated rings. The summed E-state index contributed by atoms with van der Waals surface area (Å²) in [5.74, 6) is -1.16. The molecule has 0 saturated heterocycles. The molecule has 48 heavy (non-hydrogen) atoms. The van der Waals surface area contributed by atoms with E-state index in [2.05, 4.69) is 84.3 Å². The van der Waals surface area contributed by atoms with Crippen LogP contribution in [0.4, 0.5) is 0 Å². The fourth-order valence-corrected chi connectivity index (χ4v) is 6.76. The average molecular weight is 660 g/mol. The lowest BCUT2D eigenvalue weighted by Crippen LogP contribution is -2.39. The minimum Gasteiger partial charge on any atom is -0.545 e. The Morgan fingerprint density at radius 2 is 1.35 bits per heavy atom. The Balaban J connectivity index is 0.000000487. The molecule has 0 bridgehead atoms. The summed E-state index contributed by atoms with van der Waals surface area (Å²) in [5.41, 5.74) is 6.46. The van der Waals surface area contributed by atoms with Crippen LogP contribution in [0.3, 0.4) is 0 Å². The van der Waals surface area contributed by atoms with E-state index in [4.69, 9.17) is 0 Å². The van der Waals surface area contributed by atoms with E-state index in [0.29, 0.717) is 5.57 Å². The first-order valence-electron chi connectivity index (χ1n) is 19.3. The molecule has 2 rings (SSSR count). The summed E-state index contributed by atoms with van der Waals surface area (Å²) in [5, 5.41) is 10.4. The Labute approximate surface area is 297 Å². The zero-order valence-corrected chi connectivity index (χ0v) is 32.5. The molecule has 0 heterocycles. The van der Waals surface area contributed by atoms with Crippen molar-refractivity contribution in [3.63, 3.8) is 0 Å². The Bertz CT molecular complexity index is 1160. The number of carbonyl (C=O) groups excluding carboxylic acids is 1. The van der Waals surface area contributed by atoms with E-state index in [1.807, 2.05) is 19.1 Å². The van der Waals surface area contributed by atoms with Crippen molar-refractivity contribution in [2.75, 3.05) is 20.6 Å². The van der Waals surface area contributed by atoms with E-state index in [1.54, 1.807) is 13.0 Å². The predicted octanol–water partition coefficient (Wildman–Crippen LogP) is 12.0. The average Bonchev–Trinajstić information content (AvgIpc) is 3.01.